The van der Waals surface area contributed by atoms with Crippen molar-refractivity contribution in [2.75, 3.05) is 0 Å². The fraction of sp³-hybridized carbons (Fsp3) is 0. The lowest BCUT2D eigenvalue weighted by molar-refractivity contribution is 0.0706. The molecular formula is C27H18N6O3. The first-order valence-electron chi connectivity index (χ1n) is 10.9. The third-order valence-electron chi connectivity index (χ3n) is 5.67. The van der Waals surface area contributed by atoms with E-state index in [9.17, 15) is 9.59 Å². The van der Waals surface area contributed by atoms with Crippen LogP contribution in [0.15, 0.2) is 84.0 Å². The Balaban J connectivity index is 1.48. The maximum Gasteiger partial charge on any atom is 0.289 e. The minimum Gasteiger partial charge on any atom is -0.353 e. The summed E-state index contributed by atoms with van der Waals surface area (Å²) in [6.07, 6.45) is 1.43. The number of aromatic nitrogens is 2. The number of hydroxylamine groups is 1. The number of carbonyl (C=O) groups excluding carboxylic acids is 2. The number of nitrogens with one attached hydrogen (secondary N) is 3. The van der Waals surface area contributed by atoms with Gasteiger partial charge in [0.25, 0.3) is 11.8 Å². The van der Waals surface area contributed by atoms with Gasteiger partial charge in [-0.15, -0.1) is 0 Å². The van der Waals surface area contributed by atoms with E-state index >= 15 is 0 Å². The number of pyridine rings is 1. The fourth-order valence-corrected chi connectivity index (χ4v) is 3.88. The van der Waals surface area contributed by atoms with Gasteiger partial charge in [0, 0.05) is 27.4 Å². The topological polar surface area (TPSA) is 143 Å². The standard InChI is InChI=1S/C27H18N6O3/c28-14-16-5-9-18(10-6-16)24-25-21(20-3-1-2-4-22(20)30-25)13-23(31-24)27(35)32-29-15-17-7-11-19(12-8-17)26(34)33-36/h1-13,15,30,36H,(H,32,35)(H,33,34)/b29-15+. The summed E-state index contributed by atoms with van der Waals surface area (Å²) >= 11 is 0. The Labute approximate surface area is 204 Å². The first kappa shape index (κ1) is 22.5. The molecule has 4 N–H and O–H groups in total. The fourth-order valence-electron chi connectivity index (χ4n) is 3.88. The third kappa shape index (κ3) is 4.27. The molecule has 0 saturated heterocycles. The molecule has 0 aliphatic rings. The Morgan fingerprint density at radius 2 is 1.72 bits per heavy atom. The predicted octanol–water partition coefficient (Wildman–Crippen LogP) is 4.14. The van der Waals surface area contributed by atoms with Gasteiger partial charge in [0.05, 0.1) is 29.1 Å². The summed E-state index contributed by atoms with van der Waals surface area (Å²) in [5, 5.41) is 23.6. The SMILES string of the molecule is N#Cc1ccc(-c2nc(C(=O)N/N=C/c3ccc(C(=O)NO)cc3)cc3c2[nH]c2ccccc23)cc1. The zero-order chi connectivity index (χ0) is 25.1. The molecule has 2 heterocycles. The number of aromatic amines is 1. The summed E-state index contributed by atoms with van der Waals surface area (Å²) in [6, 6.07) is 24.9. The highest BCUT2D eigenvalue weighted by Crippen LogP contribution is 2.32. The Hall–Kier alpha value is -5.33. The normalized spacial score (nSPS) is 11.0. The molecule has 5 rings (SSSR count). The third-order valence-corrected chi connectivity index (χ3v) is 5.67. The van der Waals surface area contributed by atoms with Crippen molar-refractivity contribution < 1.29 is 14.8 Å². The minimum absolute atomic E-state index is 0.179. The van der Waals surface area contributed by atoms with Crippen LogP contribution in [0, 0.1) is 11.3 Å². The summed E-state index contributed by atoms with van der Waals surface area (Å²) < 4.78 is 0. The van der Waals surface area contributed by atoms with Gasteiger partial charge in [0.15, 0.2) is 0 Å². The second-order valence-corrected chi connectivity index (χ2v) is 7.90. The van der Waals surface area contributed by atoms with Crippen molar-refractivity contribution in [3.8, 4) is 17.3 Å². The van der Waals surface area contributed by atoms with E-state index in [1.807, 2.05) is 24.3 Å². The summed E-state index contributed by atoms with van der Waals surface area (Å²) in [5.74, 6) is -1.12. The maximum atomic E-state index is 13.0. The van der Waals surface area contributed by atoms with Gasteiger partial charge in [-0.2, -0.15) is 10.4 Å². The van der Waals surface area contributed by atoms with Crippen molar-refractivity contribution in [2.24, 2.45) is 5.10 Å². The molecule has 0 bridgehead atoms. The van der Waals surface area contributed by atoms with Crippen LogP contribution >= 0.6 is 0 Å². The summed E-state index contributed by atoms with van der Waals surface area (Å²) in [4.78, 5) is 32.4. The van der Waals surface area contributed by atoms with Crippen LogP contribution in [0.4, 0.5) is 0 Å². The number of H-pyrrole nitrogens is 1. The zero-order valence-corrected chi connectivity index (χ0v) is 18.7. The molecule has 9 nitrogen and oxygen atoms in total. The second kappa shape index (κ2) is 9.50. The molecule has 5 aromatic rings. The van der Waals surface area contributed by atoms with Crippen molar-refractivity contribution >= 4 is 39.8 Å². The van der Waals surface area contributed by atoms with Crippen LogP contribution in [-0.2, 0) is 0 Å². The van der Waals surface area contributed by atoms with Gasteiger partial charge in [-0.3, -0.25) is 14.8 Å². The number of hydrazone groups is 1. The van der Waals surface area contributed by atoms with E-state index in [1.54, 1.807) is 47.9 Å². The predicted molar refractivity (Wildman–Crippen MR) is 135 cm³/mol. The van der Waals surface area contributed by atoms with Gasteiger partial charge >= 0.3 is 0 Å². The van der Waals surface area contributed by atoms with Crippen molar-refractivity contribution in [2.45, 2.75) is 0 Å². The number of rotatable bonds is 5. The lowest BCUT2D eigenvalue weighted by Gasteiger charge is -2.07. The summed E-state index contributed by atoms with van der Waals surface area (Å²) in [6.45, 7) is 0. The van der Waals surface area contributed by atoms with Crippen LogP contribution in [0.2, 0.25) is 0 Å². The van der Waals surface area contributed by atoms with E-state index in [0.29, 0.717) is 16.8 Å². The molecule has 0 saturated carbocycles. The maximum absolute atomic E-state index is 13.0. The average Bonchev–Trinajstić information content (AvgIpc) is 3.31. The molecule has 9 heteroatoms. The number of fused-ring (bicyclic) bond motifs is 3. The van der Waals surface area contributed by atoms with E-state index < -0.39 is 11.8 Å². The number of benzene rings is 3. The Kier molecular flexibility index (Phi) is 5.93. The van der Waals surface area contributed by atoms with E-state index in [2.05, 4.69) is 26.6 Å². The van der Waals surface area contributed by atoms with Gasteiger partial charge in [-0.05, 0) is 42.0 Å². The van der Waals surface area contributed by atoms with E-state index in [-0.39, 0.29) is 11.3 Å². The number of hydrogen-bond donors (Lipinski definition) is 4. The van der Waals surface area contributed by atoms with E-state index in [0.717, 1.165) is 27.4 Å². The van der Waals surface area contributed by atoms with Crippen LogP contribution in [0.3, 0.4) is 0 Å². The quantitative estimate of drug-likeness (QED) is 0.172. The molecule has 2 aromatic heterocycles. The molecular weight excluding hydrogens is 456 g/mol. The van der Waals surface area contributed by atoms with Gasteiger partial charge < -0.3 is 4.98 Å². The van der Waals surface area contributed by atoms with Crippen molar-refractivity contribution in [1.82, 2.24) is 20.9 Å². The smallest absolute Gasteiger partial charge is 0.289 e. The molecule has 0 aliphatic carbocycles. The number of nitrogens with zero attached hydrogens (tertiary/aromatic N) is 3. The summed E-state index contributed by atoms with van der Waals surface area (Å²) in [5.41, 5.74) is 8.74. The molecule has 0 radical (unpaired) electrons. The van der Waals surface area contributed by atoms with Gasteiger partial charge in [-0.1, -0.05) is 42.5 Å². The highest BCUT2D eigenvalue weighted by Gasteiger charge is 2.17. The molecule has 3 aromatic carbocycles. The minimum atomic E-state index is -0.622. The van der Waals surface area contributed by atoms with Crippen molar-refractivity contribution in [3.05, 3.63) is 101 Å². The number of para-hydroxylation sites is 1. The van der Waals surface area contributed by atoms with Crippen LogP contribution < -0.4 is 10.9 Å². The zero-order valence-electron chi connectivity index (χ0n) is 18.7. The van der Waals surface area contributed by atoms with E-state index in [4.69, 9.17) is 10.5 Å². The number of carbonyl (C=O) groups is 2. The van der Waals surface area contributed by atoms with E-state index in [1.165, 1.54) is 18.3 Å². The van der Waals surface area contributed by atoms with Crippen molar-refractivity contribution in [1.29, 1.82) is 5.26 Å². The molecule has 0 unspecified atom stereocenters. The van der Waals surface area contributed by atoms with Gasteiger partial charge in [-0.25, -0.2) is 15.9 Å². The average molecular weight is 474 g/mol. The molecule has 0 spiro atoms. The molecule has 36 heavy (non-hydrogen) atoms. The first-order chi connectivity index (χ1) is 17.6. The van der Waals surface area contributed by atoms with Gasteiger partial charge in [0.2, 0.25) is 0 Å². The highest BCUT2D eigenvalue weighted by atomic mass is 16.5. The summed E-state index contributed by atoms with van der Waals surface area (Å²) in [7, 11) is 0. The number of amides is 2. The Morgan fingerprint density at radius 3 is 2.44 bits per heavy atom. The van der Waals surface area contributed by atoms with Crippen LogP contribution in [0.1, 0.15) is 32.0 Å². The monoisotopic (exact) mass is 474 g/mol. The number of hydrogen-bond acceptors (Lipinski definition) is 6. The molecule has 174 valence electrons. The first-order valence-corrected chi connectivity index (χ1v) is 10.9. The molecule has 2 amide bonds. The van der Waals surface area contributed by atoms with Gasteiger partial charge in [0.1, 0.15) is 5.69 Å². The largest absolute Gasteiger partial charge is 0.353 e. The lowest BCUT2D eigenvalue weighted by atomic mass is 10.0. The van der Waals surface area contributed by atoms with Crippen LogP contribution in [0.25, 0.3) is 33.1 Å². The lowest BCUT2D eigenvalue weighted by Crippen LogP contribution is -2.19. The Bertz CT molecular complexity index is 1680. The molecule has 0 aliphatic heterocycles. The Morgan fingerprint density at radius 1 is 0.972 bits per heavy atom. The van der Waals surface area contributed by atoms with Crippen LogP contribution in [-0.4, -0.2) is 33.2 Å². The second-order valence-electron chi connectivity index (χ2n) is 7.90. The van der Waals surface area contributed by atoms with Crippen LogP contribution in [0.5, 0.6) is 0 Å². The highest BCUT2D eigenvalue weighted by molar-refractivity contribution is 6.13. The van der Waals surface area contributed by atoms with Crippen molar-refractivity contribution in [3.63, 3.8) is 0 Å². The molecule has 0 fully saturated rings. The molecule has 0 atom stereocenters. The number of nitriles is 1.